The molecule has 1 rings (SSSR count). The molecule has 0 aromatic heterocycles. The SMILES string of the molecule is CNCc1c(Cl)cccc1OCCC(C)(C)C. The van der Waals surface area contributed by atoms with E-state index in [1.807, 2.05) is 25.2 Å². The van der Waals surface area contributed by atoms with Crippen molar-refractivity contribution >= 4 is 11.6 Å². The third-order valence-electron chi connectivity index (χ3n) is 2.54. The molecule has 3 heteroatoms. The molecule has 2 nitrogen and oxygen atoms in total. The van der Waals surface area contributed by atoms with Crippen LogP contribution in [0.4, 0.5) is 0 Å². The minimum Gasteiger partial charge on any atom is -0.493 e. The van der Waals surface area contributed by atoms with Crippen molar-refractivity contribution in [1.29, 1.82) is 0 Å². The van der Waals surface area contributed by atoms with Crippen LogP contribution in [-0.2, 0) is 6.54 Å². The number of hydrogen-bond acceptors (Lipinski definition) is 2. The topological polar surface area (TPSA) is 21.3 Å². The maximum Gasteiger partial charge on any atom is 0.125 e. The minimum absolute atomic E-state index is 0.293. The van der Waals surface area contributed by atoms with E-state index in [1.165, 1.54) is 0 Å². The van der Waals surface area contributed by atoms with E-state index >= 15 is 0 Å². The molecule has 96 valence electrons. The van der Waals surface area contributed by atoms with Gasteiger partial charge in [-0.2, -0.15) is 0 Å². The molecular formula is C14H22ClNO. The third kappa shape index (κ3) is 4.97. The molecule has 0 amide bonds. The quantitative estimate of drug-likeness (QED) is 0.862. The number of nitrogens with one attached hydrogen (secondary N) is 1. The lowest BCUT2D eigenvalue weighted by molar-refractivity contribution is 0.241. The van der Waals surface area contributed by atoms with Gasteiger partial charge in [0.2, 0.25) is 0 Å². The zero-order valence-corrected chi connectivity index (χ0v) is 11.9. The zero-order valence-electron chi connectivity index (χ0n) is 11.1. The van der Waals surface area contributed by atoms with Crippen LogP contribution in [0.5, 0.6) is 5.75 Å². The van der Waals surface area contributed by atoms with Crippen LogP contribution in [0.3, 0.4) is 0 Å². The highest BCUT2D eigenvalue weighted by molar-refractivity contribution is 6.31. The van der Waals surface area contributed by atoms with Crippen molar-refractivity contribution in [1.82, 2.24) is 5.32 Å². The fourth-order valence-electron chi connectivity index (χ4n) is 1.49. The lowest BCUT2D eigenvalue weighted by atomic mass is 9.93. The molecule has 0 bridgehead atoms. The molecule has 1 aromatic carbocycles. The zero-order chi connectivity index (χ0) is 12.9. The van der Waals surface area contributed by atoms with Crippen molar-refractivity contribution in [3.05, 3.63) is 28.8 Å². The summed E-state index contributed by atoms with van der Waals surface area (Å²) in [6.07, 6.45) is 1.03. The van der Waals surface area contributed by atoms with E-state index < -0.39 is 0 Å². The van der Waals surface area contributed by atoms with Crippen LogP contribution in [-0.4, -0.2) is 13.7 Å². The average Bonchev–Trinajstić information content (AvgIpc) is 2.21. The van der Waals surface area contributed by atoms with Gasteiger partial charge in [0, 0.05) is 17.1 Å². The Morgan fingerprint density at radius 3 is 2.59 bits per heavy atom. The molecule has 1 N–H and O–H groups in total. The molecule has 0 atom stereocenters. The molecule has 1 aromatic rings. The molecule has 0 aliphatic rings. The summed E-state index contributed by atoms with van der Waals surface area (Å²) in [7, 11) is 1.91. The molecular weight excluding hydrogens is 234 g/mol. The highest BCUT2D eigenvalue weighted by atomic mass is 35.5. The second kappa shape index (κ2) is 6.27. The number of rotatable bonds is 5. The monoisotopic (exact) mass is 255 g/mol. The number of hydrogen-bond donors (Lipinski definition) is 1. The van der Waals surface area contributed by atoms with Crippen molar-refractivity contribution in [2.45, 2.75) is 33.7 Å². The predicted octanol–water partition coefficient (Wildman–Crippen LogP) is 3.87. The highest BCUT2D eigenvalue weighted by Crippen LogP contribution is 2.27. The molecule has 0 fully saturated rings. The first-order chi connectivity index (χ1) is 7.94. The van der Waals surface area contributed by atoms with Gasteiger partial charge in [-0.15, -0.1) is 0 Å². The Morgan fingerprint density at radius 2 is 2.00 bits per heavy atom. The molecule has 0 aliphatic carbocycles. The molecule has 0 spiro atoms. The van der Waals surface area contributed by atoms with E-state index in [-0.39, 0.29) is 0 Å². The fraction of sp³-hybridized carbons (Fsp3) is 0.571. The van der Waals surface area contributed by atoms with Crippen LogP contribution in [0.25, 0.3) is 0 Å². The molecule has 0 unspecified atom stereocenters. The van der Waals surface area contributed by atoms with E-state index in [0.29, 0.717) is 5.41 Å². The second-order valence-electron chi connectivity index (χ2n) is 5.41. The first-order valence-corrected chi connectivity index (χ1v) is 6.36. The van der Waals surface area contributed by atoms with Gasteiger partial charge in [0.1, 0.15) is 5.75 Å². The van der Waals surface area contributed by atoms with E-state index in [4.69, 9.17) is 16.3 Å². The first kappa shape index (κ1) is 14.3. The summed E-state index contributed by atoms with van der Waals surface area (Å²) in [5.41, 5.74) is 1.33. The smallest absolute Gasteiger partial charge is 0.125 e. The summed E-state index contributed by atoms with van der Waals surface area (Å²) in [5, 5.41) is 3.86. The normalized spacial score (nSPS) is 11.6. The second-order valence-corrected chi connectivity index (χ2v) is 5.81. The Hall–Kier alpha value is -0.730. The first-order valence-electron chi connectivity index (χ1n) is 5.99. The number of benzene rings is 1. The fourth-order valence-corrected chi connectivity index (χ4v) is 1.72. The average molecular weight is 256 g/mol. The molecule has 0 saturated heterocycles. The van der Waals surface area contributed by atoms with E-state index in [0.717, 1.165) is 35.9 Å². The molecule has 0 aliphatic heterocycles. The summed E-state index contributed by atoms with van der Waals surface area (Å²) in [4.78, 5) is 0. The summed E-state index contributed by atoms with van der Waals surface area (Å²) >= 11 is 6.16. The summed E-state index contributed by atoms with van der Waals surface area (Å²) < 4.78 is 5.82. The maximum atomic E-state index is 6.16. The lowest BCUT2D eigenvalue weighted by Crippen LogP contribution is -2.13. The molecule has 0 radical (unpaired) electrons. The van der Waals surface area contributed by atoms with Crippen LogP contribution in [0.2, 0.25) is 5.02 Å². The van der Waals surface area contributed by atoms with Crippen molar-refractivity contribution in [3.8, 4) is 5.75 Å². The molecule has 0 saturated carbocycles. The van der Waals surface area contributed by atoms with E-state index in [2.05, 4.69) is 26.1 Å². The van der Waals surface area contributed by atoms with Crippen molar-refractivity contribution in [2.24, 2.45) is 5.41 Å². The number of halogens is 1. The van der Waals surface area contributed by atoms with Crippen LogP contribution >= 0.6 is 11.6 Å². The Balaban J connectivity index is 2.67. The summed E-state index contributed by atoms with van der Waals surface area (Å²) in [5.74, 6) is 0.885. The van der Waals surface area contributed by atoms with Gasteiger partial charge in [-0.3, -0.25) is 0 Å². The van der Waals surface area contributed by atoms with E-state index in [9.17, 15) is 0 Å². The van der Waals surface area contributed by atoms with Gasteiger partial charge in [0.25, 0.3) is 0 Å². The Labute approximate surface area is 109 Å². The Morgan fingerprint density at radius 1 is 1.29 bits per heavy atom. The standard InChI is InChI=1S/C14H22ClNO/c1-14(2,3)8-9-17-13-7-5-6-12(15)11(13)10-16-4/h5-7,16H,8-10H2,1-4H3. The Kier molecular flexibility index (Phi) is 5.29. The third-order valence-corrected chi connectivity index (χ3v) is 2.89. The van der Waals surface area contributed by atoms with Crippen LogP contribution in [0.15, 0.2) is 18.2 Å². The van der Waals surface area contributed by atoms with Gasteiger partial charge in [0.15, 0.2) is 0 Å². The summed E-state index contributed by atoms with van der Waals surface area (Å²) in [6.45, 7) is 8.08. The van der Waals surface area contributed by atoms with Gasteiger partial charge < -0.3 is 10.1 Å². The van der Waals surface area contributed by atoms with Gasteiger partial charge >= 0.3 is 0 Å². The molecule has 0 heterocycles. The molecule has 17 heavy (non-hydrogen) atoms. The van der Waals surface area contributed by atoms with E-state index in [1.54, 1.807) is 0 Å². The van der Waals surface area contributed by atoms with Gasteiger partial charge in [0.05, 0.1) is 6.61 Å². The van der Waals surface area contributed by atoms with Crippen LogP contribution in [0, 0.1) is 5.41 Å². The van der Waals surface area contributed by atoms with Gasteiger partial charge in [-0.05, 0) is 31.0 Å². The van der Waals surface area contributed by atoms with Crippen molar-refractivity contribution in [2.75, 3.05) is 13.7 Å². The van der Waals surface area contributed by atoms with Crippen molar-refractivity contribution < 1.29 is 4.74 Å². The lowest BCUT2D eigenvalue weighted by Gasteiger charge is -2.19. The predicted molar refractivity (Wildman–Crippen MR) is 73.8 cm³/mol. The Bertz CT molecular complexity index is 358. The van der Waals surface area contributed by atoms with Gasteiger partial charge in [-0.25, -0.2) is 0 Å². The van der Waals surface area contributed by atoms with Crippen LogP contribution in [0.1, 0.15) is 32.8 Å². The number of ether oxygens (including phenoxy) is 1. The summed E-state index contributed by atoms with van der Waals surface area (Å²) in [6, 6.07) is 5.79. The van der Waals surface area contributed by atoms with Crippen molar-refractivity contribution in [3.63, 3.8) is 0 Å². The maximum absolute atomic E-state index is 6.16. The van der Waals surface area contributed by atoms with Crippen LogP contribution < -0.4 is 10.1 Å². The van der Waals surface area contributed by atoms with Gasteiger partial charge in [-0.1, -0.05) is 38.4 Å². The largest absolute Gasteiger partial charge is 0.493 e. The highest BCUT2D eigenvalue weighted by Gasteiger charge is 2.12. The minimum atomic E-state index is 0.293.